The number of carbonyl (C=O) groups is 2. The highest BCUT2D eigenvalue weighted by atomic mass is 16.6. The number of rotatable bonds is 7. The minimum absolute atomic E-state index is 0.300. The van der Waals surface area contributed by atoms with E-state index in [0.717, 1.165) is 36.0 Å². The van der Waals surface area contributed by atoms with Gasteiger partial charge in [0.2, 0.25) is 0 Å². The predicted molar refractivity (Wildman–Crippen MR) is 117 cm³/mol. The van der Waals surface area contributed by atoms with Crippen molar-refractivity contribution >= 4 is 11.9 Å². The summed E-state index contributed by atoms with van der Waals surface area (Å²) in [5.74, 6) is -0.319. The normalized spacial score (nSPS) is 10.5. The van der Waals surface area contributed by atoms with E-state index in [1.807, 2.05) is 25.1 Å². The fourth-order valence-electron chi connectivity index (χ4n) is 3.40. The molecule has 0 radical (unpaired) electrons. The molecule has 0 aromatic heterocycles. The summed E-state index contributed by atoms with van der Waals surface area (Å²) in [6, 6.07) is 19.6. The van der Waals surface area contributed by atoms with Gasteiger partial charge in [-0.05, 0) is 55.2 Å². The van der Waals surface area contributed by atoms with Crippen molar-refractivity contribution in [1.82, 2.24) is 0 Å². The van der Waals surface area contributed by atoms with E-state index in [0.29, 0.717) is 22.6 Å². The number of hydrogen-bond donors (Lipinski definition) is 0. The first kappa shape index (κ1) is 21.3. The molecule has 154 valence electrons. The van der Waals surface area contributed by atoms with Gasteiger partial charge >= 0.3 is 11.9 Å². The number of hydrogen-bond acceptors (Lipinski definition) is 4. The van der Waals surface area contributed by atoms with Gasteiger partial charge < -0.3 is 9.47 Å². The summed E-state index contributed by atoms with van der Waals surface area (Å²) in [6.45, 7) is 5.99. The van der Waals surface area contributed by atoms with Crippen LogP contribution in [0.2, 0.25) is 0 Å². The van der Waals surface area contributed by atoms with Crippen LogP contribution in [0, 0.1) is 6.92 Å². The Bertz CT molecular complexity index is 1020. The molecular weight excluding hydrogens is 376 g/mol. The molecule has 4 heteroatoms. The van der Waals surface area contributed by atoms with Crippen LogP contribution in [0.15, 0.2) is 66.7 Å². The van der Waals surface area contributed by atoms with Gasteiger partial charge in [0.15, 0.2) is 11.5 Å². The van der Waals surface area contributed by atoms with Crippen LogP contribution in [0.3, 0.4) is 0 Å². The highest BCUT2D eigenvalue weighted by Gasteiger charge is 2.23. The summed E-state index contributed by atoms with van der Waals surface area (Å²) >= 11 is 0. The second-order valence-electron chi connectivity index (χ2n) is 7.10. The summed E-state index contributed by atoms with van der Waals surface area (Å²) in [7, 11) is 0. The molecule has 0 amide bonds. The highest BCUT2D eigenvalue weighted by Crippen LogP contribution is 2.39. The zero-order chi connectivity index (χ0) is 21.5. The van der Waals surface area contributed by atoms with Crippen molar-refractivity contribution in [2.45, 2.75) is 40.0 Å². The van der Waals surface area contributed by atoms with Crippen LogP contribution in [0.25, 0.3) is 0 Å². The molecule has 0 bridgehead atoms. The Kier molecular flexibility index (Phi) is 7.02. The van der Waals surface area contributed by atoms with E-state index >= 15 is 0 Å². The maximum Gasteiger partial charge on any atom is 0.343 e. The lowest BCUT2D eigenvalue weighted by Crippen LogP contribution is -2.15. The van der Waals surface area contributed by atoms with Gasteiger partial charge in [-0.25, -0.2) is 9.59 Å². The van der Waals surface area contributed by atoms with Gasteiger partial charge in [0.25, 0.3) is 0 Å². The first-order chi connectivity index (χ1) is 14.5. The molecule has 0 N–H and O–H groups in total. The summed E-state index contributed by atoms with van der Waals surface area (Å²) in [5, 5.41) is 0. The molecular formula is C26H26O4. The van der Waals surface area contributed by atoms with Crippen molar-refractivity contribution in [2.24, 2.45) is 0 Å². The van der Waals surface area contributed by atoms with E-state index in [1.165, 1.54) is 0 Å². The van der Waals surface area contributed by atoms with Crippen molar-refractivity contribution in [3.8, 4) is 11.5 Å². The average Bonchev–Trinajstić information content (AvgIpc) is 2.78. The SMILES string of the molecule is CCCc1c(CC)cc(C)c(OC(=O)c2ccccc2)c1OC(=O)c1ccccc1. The zero-order valence-electron chi connectivity index (χ0n) is 17.6. The minimum atomic E-state index is -0.484. The third-order valence-corrected chi connectivity index (χ3v) is 4.91. The molecule has 0 unspecified atom stereocenters. The molecule has 3 rings (SSSR count). The second kappa shape index (κ2) is 9.88. The molecule has 0 fully saturated rings. The molecule has 30 heavy (non-hydrogen) atoms. The van der Waals surface area contributed by atoms with E-state index in [1.54, 1.807) is 48.5 Å². The Balaban J connectivity index is 2.06. The summed E-state index contributed by atoms with van der Waals surface area (Å²) in [5.41, 5.74) is 3.64. The molecule has 3 aromatic carbocycles. The van der Waals surface area contributed by atoms with E-state index in [-0.39, 0.29) is 0 Å². The lowest BCUT2D eigenvalue weighted by atomic mass is 9.96. The lowest BCUT2D eigenvalue weighted by Gasteiger charge is -2.20. The van der Waals surface area contributed by atoms with Crippen LogP contribution in [0.5, 0.6) is 11.5 Å². The predicted octanol–water partition coefficient (Wildman–Crippen LogP) is 5.95. The highest BCUT2D eigenvalue weighted by molar-refractivity contribution is 5.93. The van der Waals surface area contributed by atoms with Gasteiger partial charge in [-0.15, -0.1) is 0 Å². The Morgan fingerprint density at radius 2 is 1.27 bits per heavy atom. The monoisotopic (exact) mass is 402 g/mol. The summed E-state index contributed by atoms with van der Waals surface area (Å²) < 4.78 is 11.6. The molecule has 0 saturated carbocycles. The lowest BCUT2D eigenvalue weighted by molar-refractivity contribution is 0.0680. The Labute approximate surface area is 177 Å². The fraction of sp³-hybridized carbons (Fsp3) is 0.231. The largest absolute Gasteiger partial charge is 0.419 e. The number of benzene rings is 3. The van der Waals surface area contributed by atoms with Gasteiger partial charge in [0, 0.05) is 5.56 Å². The van der Waals surface area contributed by atoms with Crippen molar-refractivity contribution in [1.29, 1.82) is 0 Å². The van der Waals surface area contributed by atoms with Crippen LogP contribution in [-0.4, -0.2) is 11.9 Å². The zero-order valence-corrected chi connectivity index (χ0v) is 17.6. The van der Waals surface area contributed by atoms with Gasteiger partial charge in [-0.3, -0.25) is 0 Å². The minimum Gasteiger partial charge on any atom is -0.419 e. The van der Waals surface area contributed by atoms with Crippen molar-refractivity contribution in [3.63, 3.8) is 0 Å². The first-order valence-electron chi connectivity index (χ1n) is 10.2. The Morgan fingerprint density at radius 1 is 0.767 bits per heavy atom. The van der Waals surface area contributed by atoms with Crippen LogP contribution in [0.1, 0.15) is 57.7 Å². The topological polar surface area (TPSA) is 52.6 Å². The van der Waals surface area contributed by atoms with Crippen molar-refractivity contribution < 1.29 is 19.1 Å². The molecule has 0 spiro atoms. The van der Waals surface area contributed by atoms with Gasteiger partial charge in [0.1, 0.15) is 0 Å². The van der Waals surface area contributed by atoms with Crippen LogP contribution in [0.4, 0.5) is 0 Å². The van der Waals surface area contributed by atoms with E-state index < -0.39 is 11.9 Å². The molecule has 3 aromatic rings. The fourth-order valence-corrected chi connectivity index (χ4v) is 3.40. The third kappa shape index (κ3) is 4.77. The quantitative estimate of drug-likeness (QED) is 0.362. The standard InChI is InChI=1S/C26H26O4/c1-4-12-22-19(5-2)17-18(3)23(29-25(27)20-13-8-6-9-14-20)24(22)30-26(28)21-15-10-7-11-16-21/h6-11,13-17H,4-5,12H2,1-3H3. The average molecular weight is 402 g/mol. The molecule has 0 heterocycles. The first-order valence-corrected chi connectivity index (χ1v) is 10.2. The van der Waals surface area contributed by atoms with Gasteiger partial charge in [-0.2, -0.15) is 0 Å². The smallest absolute Gasteiger partial charge is 0.343 e. The third-order valence-electron chi connectivity index (χ3n) is 4.91. The molecule has 0 saturated heterocycles. The molecule has 0 aliphatic rings. The number of carbonyl (C=O) groups excluding carboxylic acids is 2. The number of aryl methyl sites for hydroxylation is 2. The maximum atomic E-state index is 12.8. The van der Waals surface area contributed by atoms with Crippen LogP contribution in [-0.2, 0) is 12.8 Å². The summed E-state index contributed by atoms with van der Waals surface area (Å²) in [4.78, 5) is 25.6. The number of ether oxygens (including phenoxy) is 2. The van der Waals surface area contributed by atoms with Gasteiger partial charge in [-0.1, -0.05) is 62.7 Å². The van der Waals surface area contributed by atoms with Crippen LogP contribution < -0.4 is 9.47 Å². The Hall–Kier alpha value is -3.40. The van der Waals surface area contributed by atoms with E-state index in [9.17, 15) is 9.59 Å². The molecule has 4 nitrogen and oxygen atoms in total. The summed E-state index contributed by atoms with van der Waals surface area (Å²) in [6.07, 6.45) is 2.38. The number of esters is 2. The van der Waals surface area contributed by atoms with E-state index in [2.05, 4.69) is 13.8 Å². The Morgan fingerprint density at radius 3 is 1.73 bits per heavy atom. The maximum absolute atomic E-state index is 12.8. The van der Waals surface area contributed by atoms with Gasteiger partial charge in [0.05, 0.1) is 11.1 Å². The molecule has 0 aliphatic heterocycles. The van der Waals surface area contributed by atoms with Crippen molar-refractivity contribution in [2.75, 3.05) is 0 Å². The second-order valence-corrected chi connectivity index (χ2v) is 7.10. The van der Waals surface area contributed by atoms with Crippen molar-refractivity contribution in [3.05, 3.63) is 94.5 Å². The molecule has 0 atom stereocenters. The van der Waals surface area contributed by atoms with E-state index in [4.69, 9.17) is 9.47 Å². The molecule has 0 aliphatic carbocycles. The van der Waals surface area contributed by atoms with Crippen LogP contribution >= 0.6 is 0 Å².